The van der Waals surface area contributed by atoms with E-state index in [1.54, 1.807) is 30.3 Å². The first kappa shape index (κ1) is 29.9. The van der Waals surface area contributed by atoms with Gasteiger partial charge < -0.3 is 19.5 Å². The van der Waals surface area contributed by atoms with Gasteiger partial charge in [-0.1, -0.05) is 29.3 Å². The van der Waals surface area contributed by atoms with Gasteiger partial charge in [0.1, 0.15) is 11.6 Å². The molecular weight excluding hydrogens is 645 g/mol. The normalized spacial score (nSPS) is 12.2. The van der Waals surface area contributed by atoms with Crippen LogP contribution in [-0.2, 0) is 33.8 Å². The van der Waals surface area contributed by atoms with Gasteiger partial charge in [0.15, 0.2) is 11.5 Å². The summed E-state index contributed by atoms with van der Waals surface area (Å²) in [5.74, 6) is -1.65. The van der Waals surface area contributed by atoms with E-state index in [2.05, 4.69) is 31.8 Å². The molecule has 0 fully saturated rings. The van der Waals surface area contributed by atoms with Gasteiger partial charge >= 0.3 is 17.8 Å². The second kappa shape index (κ2) is 13.5. The van der Waals surface area contributed by atoms with Gasteiger partial charge in [-0.15, -0.1) is 11.3 Å². The number of amides is 2. The van der Waals surface area contributed by atoms with Crippen molar-refractivity contribution in [2.45, 2.75) is 32.8 Å². The SMILES string of the molecule is CCOc1cc(/C=N/NC(=O)C(=O)Nc2sc3c(c2C(=O)OC)CCC3)cc(Br)c1OCc1c(Cl)cccc1Cl. The highest BCUT2D eigenvalue weighted by Gasteiger charge is 2.29. The Hall–Kier alpha value is -3.12. The number of nitrogens with one attached hydrogen (secondary N) is 2. The number of hydrogen-bond donors (Lipinski definition) is 2. The number of hydrogen-bond acceptors (Lipinski definition) is 8. The van der Waals surface area contributed by atoms with Crippen LogP contribution in [0.15, 0.2) is 39.9 Å². The number of benzene rings is 2. The lowest BCUT2D eigenvalue weighted by Gasteiger charge is -2.15. The van der Waals surface area contributed by atoms with Crippen LogP contribution in [0.2, 0.25) is 10.0 Å². The summed E-state index contributed by atoms with van der Waals surface area (Å²) >= 11 is 17.3. The Labute approximate surface area is 252 Å². The molecule has 9 nitrogen and oxygen atoms in total. The van der Waals surface area contributed by atoms with Crippen molar-refractivity contribution >= 4 is 79.5 Å². The third-order valence-electron chi connectivity index (χ3n) is 5.88. The highest BCUT2D eigenvalue weighted by atomic mass is 79.9. The van der Waals surface area contributed by atoms with E-state index in [1.165, 1.54) is 24.7 Å². The van der Waals surface area contributed by atoms with Gasteiger partial charge in [0.2, 0.25) is 0 Å². The molecule has 0 saturated heterocycles. The number of carbonyl (C=O) groups excluding carboxylic acids is 3. The van der Waals surface area contributed by atoms with Crippen LogP contribution in [0.4, 0.5) is 5.00 Å². The van der Waals surface area contributed by atoms with Crippen molar-refractivity contribution in [3.8, 4) is 11.5 Å². The molecule has 0 unspecified atom stereocenters. The summed E-state index contributed by atoms with van der Waals surface area (Å²) in [6.45, 7) is 2.31. The van der Waals surface area contributed by atoms with Crippen LogP contribution < -0.4 is 20.2 Å². The number of hydrazone groups is 1. The van der Waals surface area contributed by atoms with E-state index < -0.39 is 17.8 Å². The number of carbonyl (C=O) groups is 3. The second-order valence-electron chi connectivity index (χ2n) is 8.46. The molecule has 0 radical (unpaired) electrons. The van der Waals surface area contributed by atoms with Gasteiger partial charge in [0, 0.05) is 20.5 Å². The Morgan fingerprint density at radius 2 is 1.88 bits per heavy atom. The Balaban J connectivity index is 1.43. The minimum atomic E-state index is -0.999. The number of esters is 1. The molecule has 4 rings (SSSR count). The lowest BCUT2D eigenvalue weighted by atomic mass is 10.1. The zero-order valence-electron chi connectivity index (χ0n) is 21.4. The molecule has 1 heterocycles. The quantitative estimate of drug-likeness (QED) is 0.122. The topological polar surface area (TPSA) is 115 Å². The lowest BCUT2D eigenvalue weighted by molar-refractivity contribution is -0.136. The summed E-state index contributed by atoms with van der Waals surface area (Å²) in [5.41, 5.74) is 4.56. The molecule has 210 valence electrons. The number of halogens is 3. The second-order valence-corrected chi connectivity index (χ2v) is 11.2. The van der Waals surface area contributed by atoms with E-state index in [9.17, 15) is 14.4 Å². The molecule has 1 aromatic heterocycles. The summed E-state index contributed by atoms with van der Waals surface area (Å²) in [4.78, 5) is 38.2. The molecule has 13 heteroatoms. The van der Waals surface area contributed by atoms with Gasteiger partial charge in [-0.2, -0.15) is 5.10 Å². The van der Waals surface area contributed by atoms with Gasteiger partial charge in [0.05, 0.1) is 30.0 Å². The summed E-state index contributed by atoms with van der Waals surface area (Å²) in [7, 11) is 1.27. The molecule has 0 saturated carbocycles. The van der Waals surface area contributed by atoms with Crippen LogP contribution in [0.25, 0.3) is 0 Å². The van der Waals surface area contributed by atoms with E-state index in [0.717, 1.165) is 29.7 Å². The van der Waals surface area contributed by atoms with Crippen LogP contribution >= 0.6 is 50.5 Å². The fraction of sp³-hybridized carbons (Fsp3) is 0.259. The molecule has 0 atom stereocenters. The van der Waals surface area contributed by atoms with Crippen molar-refractivity contribution in [2.24, 2.45) is 5.10 Å². The zero-order chi connectivity index (χ0) is 28.8. The smallest absolute Gasteiger partial charge is 0.341 e. The highest BCUT2D eigenvalue weighted by molar-refractivity contribution is 9.10. The van der Waals surface area contributed by atoms with Crippen LogP contribution in [0.3, 0.4) is 0 Å². The first-order valence-corrected chi connectivity index (χ1v) is 14.5. The molecule has 1 aliphatic rings. The minimum Gasteiger partial charge on any atom is -0.490 e. The van der Waals surface area contributed by atoms with E-state index in [-0.39, 0.29) is 6.61 Å². The van der Waals surface area contributed by atoms with Crippen molar-refractivity contribution in [1.82, 2.24) is 5.43 Å². The fourth-order valence-electron chi connectivity index (χ4n) is 4.07. The maximum atomic E-state index is 12.5. The number of aryl methyl sites for hydroxylation is 1. The molecule has 40 heavy (non-hydrogen) atoms. The lowest BCUT2D eigenvalue weighted by Crippen LogP contribution is -2.32. The van der Waals surface area contributed by atoms with E-state index in [4.69, 9.17) is 37.4 Å². The largest absolute Gasteiger partial charge is 0.490 e. The minimum absolute atomic E-state index is 0.112. The predicted molar refractivity (Wildman–Crippen MR) is 158 cm³/mol. The van der Waals surface area contributed by atoms with Gasteiger partial charge in [0.25, 0.3) is 0 Å². The highest BCUT2D eigenvalue weighted by Crippen LogP contribution is 2.40. The van der Waals surface area contributed by atoms with Crippen LogP contribution in [0, 0.1) is 0 Å². The molecular formula is C27H24BrCl2N3O6S. The number of rotatable bonds is 9. The number of thiophene rings is 1. The average Bonchev–Trinajstić information content (AvgIpc) is 3.50. The third kappa shape index (κ3) is 6.77. The Kier molecular flexibility index (Phi) is 10.1. The van der Waals surface area contributed by atoms with Crippen molar-refractivity contribution in [1.29, 1.82) is 0 Å². The van der Waals surface area contributed by atoms with Crippen LogP contribution in [0.1, 0.15) is 45.3 Å². The monoisotopic (exact) mass is 667 g/mol. The number of ether oxygens (including phenoxy) is 3. The third-order valence-corrected chi connectivity index (χ3v) is 8.38. The molecule has 2 N–H and O–H groups in total. The summed E-state index contributed by atoms with van der Waals surface area (Å²) in [5, 5.41) is 7.66. The van der Waals surface area contributed by atoms with Crippen molar-refractivity contribution in [2.75, 3.05) is 19.0 Å². The molecule has 3 aromatic rings. The summed E-state index contributed by atoms with van der Waals surface area (Å²) in [6, 6.07) is 8.58. The summed E-state index contributed by atoms with van der Waals surface area (Å²) < 4.78 is 17.1. The number of nitrogens with zero attached hydrogens (tertiary/aromatic N) is 1. The number of methoxy groups -OCH3 is 1. The summed E-state index contributed by atoms with van der Waals surface area (Å²) in [6.07, 6.45) is 3.82. The van der Waals surface area contributed by atoms with E-state index in [0.29, 0.717) is 54.3 Å². The van der Waals surface area contributed by atoms with E-state index >= 15 is 0 Å². The standard InChI is InChI=1S/C27H24BrCl2N3O6S/c1-3-38-20-11-14(10-17(28)23(20)39-13-16-18(29)7-5-8-19(16)30)12-31-33-25(35)24(34)32-26-22(27(36)37-2)15-6-4-9-21(15)40-26/h5,7-8,10-12H,3-4,6,9,13H2,1-2H3,(H,32,34)(H,33,35)/b31-12+. The number of fused-ring (bicyclic) bond motifs is 1. The van der Waals surface area contributed by atoms with Gasteiger partial charge in [-0.05, 0) is 77.5 Å². The van der Waals surface area contributed by atoms with Crippen molar-refractivity contribution in [3.05, 3.63) is 72.0 Å². The Morgan fingerprint density at radius 3 is 2.58 bits per heavy atom. The Morgan fingerprint density at radius 1 is 1.12 bits per heavy atom. The van der Waals surface area contributed by atoms with Crippen molar-refractivity contribution < 1.29 is 28.6 Å². The zero-order valence-corrected chi connectivity index (χ0v) is 25.4. The molecule has 2 amide bonds. The Bertz CT molecular complexity index is 1470. The van der Waals surface area contributed by atoms with Gasteiger partial charge in [-0.3, -0.25) is 9.59 Å². The molecule has 1 aliphatic carbocycles. The van der Waals surface area contributed by atoms with Crippen LogP contribution in [0.5, 0.6) is 11.5 Å². The molecule has 0 bridgehead atoms. The predicted octanol–water partition coefficient (Wildman–Crippen LogP) is 6.16. The average molecular weight is 669 g/mol. The molecule has 2 aromatic carbocycles. The van der Waals surface area contributed by atoms with E-state index in [1.807, 2.05) is 6.92 Å². The number of anilines is 1. The maximum Gasteiger partial charge on any atom is 0.341 e. The first-order valence-electron chi connectivity index (χ1n) is 12.1. The molecule has 0 spiro atoms. The molecule has 0 aliphatic heterocycles. The first-order chi connectivity index (χ1) is 19.2. The van der Waals surface area contributed by atoms with Crippen molar-refractivity contribution in [3.63, 3.8) is 0 Å². The van der Waals surface area contributed by atoms with Crippen LogP contribution in [-0.4, -0.2) is 37.7 Å². The maximum absolute atomic E-state index is 12.5. The van der Waals surface area contributed by atoms with Gasteiger partial charge in [-0.25, -0.2) is 10.2 Å². The fourth-order valence-corrected chi connectivity index (χ4v) is 6.42.